The molecule has 0 N–H and O–H groups in total. The van der Waals surface area contributed by atoms with E-state index < -0.39 is 0 Å². The average Bonchev–Trinajstić information content (AvgIpc) is 2.27. The van der Waals surface area contributed by atoms with Crippen molar-refractivity contribution in [2.75, 3.05) is 14.2 Å². The number of ether oxygens (including phenoxy) is 2. The maximum atomic E-state index is 11.2. The van der Waals surface area contributed by atoms with E-state index in [9.17, 15) is 4.79 Å². The second-order valence-corrected chi connectivity index (χ2v) is 4.80. The van der Waals surface area contributed by atoms with Crippen LogP contribution >= 0.6 is 15.9 Å². The van der Waals surface area contributed by atoms with E-state index in [2.05, 4.69) is 15.9 Å². The molecule has 4 heteroatoms. The SMILES string of the molecule is COc1ccc(C(C)CC(C)=O)c(OC)c1Br. The Labute approximate surface area is 110 Å². The Morgan fingerprint density at radius 3 is 2.47 bits per heavy atom. The smallest absolute Gasteiger partial charge is 0.140 e. The Morgan fingerprint density at radius 1 is 1.35 bits per heavy atom. The Kier molecular flexibility index (Phi) is 5.00. The van der Waals surface area contributed by atoms with Gasteiger partial charge in [0.1, 0.15) is 21.8 Å². The Balaban J connectivity index is 3.16. The molecular weight excluding hydrogens is 284 g/mol. The Hall–Kier alpha value is -1.03. The van der Waals surface area contributed by atoms with Crippen LogP contribution < -0.4 is 9.47 Å². The highest BCUT2D eigenvalue weighted by Gasteiger charge is 2.18. The van der Waals surface area contributed by atoms with Crippen LogP contribution in [0.4, 0.5) is 0 Å². The average molecular weight is 301 g/mol. The van der Waals surface area contributed by atoms with Crippen LogP contribution in [0.15, 0.2) is 16.6 Å². The minimum absolute atomic E-state index is 0.129. The molecule has 0 saturated heterocycles. The van der Waals surface area contributed by atoms with Crippen LogP contribution in [0.25, 0.3) is 0 Å². The molecule has 0 aliphatic rings. The van der Waals surface area contributed by atoms with E-state index in [1.54, 1.807) is 21.1 Å². The van der Waals surface area contributed by atoms with Crippen LogP contribution in [0.2, 0.25) is 0 Å². The lowest BCUT2D eigenvalue weighted by atomic mass is 9.95. The lowest BCUT2D eigenvalue weighted by molar-refractivity contribution is -0.117. The number of benzene rings is 1. The summed E-state index contributed by atoms with van der Waals surface area (Å²) in [6, 6.07) is 3.81. The molecule has 94 valence electrons. The van der Waals surface area contributed by atoms with Crippen molar-refractivity contribution in [1.82, 2.24) is 0 Å². The molecule has 0 aliphatic heterocycles. The fourth-order valence-corrected chi connectivity index (χ4v) is 2.53. The van der Waals surface area contributed by atoms with Gasteiger partial charge in [-0.3, -0.25) is 0 Å². The van der Waals surface area contributed by atoms with Crippen LogP contribution in [-0.4, -0.2) is 20.0 Å². The first-order chi connectivity index (χ1) is 8.01. The van der Waals surface area contributed by atoms with Gasteiger partial charge in [-0.1, -0.05) is 13.0 Å². The second-order valence-electron chi connectivity index (χ2n) is 4.01. The van der Waals surface area contributed by atoms with Crippen molar-refractivity contribution in [3.63, 3.8) is 0 Å². The summed E-state index contributed by atoms with van der Waals surface area (Å²) in [5.74, 6) is 1.76. The van der Waals surface area contributed by atoms with E-state index in [1.807, 2.05) is 19.1 Å². The van der Waals surface area contributed by atoms with E-state index in [0.29, 0.717) is 6.42 Å². The first kappa shape index (κ1) is 14.0. The van der Waals surface area contributed by atoms with E-state index in [-0.39, 0.29) is 11.7 Å². The lowest BCUT2D eigenvalue weighted by Crippen LogP contribution is -2.03. The van der Waals surface area contributed by atoms with Crippen molar-refractivity contribution in [2.45, 2.75) is 26.2 Å². The van der Waals surface area contributed by atoms with E-state index in [0.717, 1.165) is 21.5 Å². The van der Waals surface area contributed by atoms with Crippen molar-refractivity contribution in [2.24, 2.45) is 0 Å². The van der Waals surface area contributed by atoms with Gasteiger partial charge >= 0.3 is 0 Å². The predicted molar refractivity (Wildman–Crippen MR) is 71.0 cm³/mol. The van der Waals surface area contributed by atoms with Gasteiger partial charge in [0.15, 0.2) is 0 Å². The number of carbonyl (C=O) groups excluding carboxylic acids is 1. The molecule has 0 fully saturated rings. The normalized spacial score (nSPS) is 12.1. The highest BCUT2D eigenvalue weighted by Crippen LogP contribution is 2.40. The third-order valence-electron chi connectivity index (χ3n) is 2.64. The summed E-state index contributed by atoms with van der Waals surface area (Å²) >= 11 is 3.45. The summed E-state index contributed by atoms with van der Waals surface area (Å²) in [6.07, 6.45) is 0.509. The zero-order valence-corrected chi connectivity index (χ0v) is 12.1. The number of carbonyl (C=O) groups is 1. The zero-order chi connectivity index (χ0) is 13.0. The predicted octanol–water partition coefficient (Wildman–Crippen LogP) is 3.55. The van der Waals surface area contributed by atoms with Gasteiger partial charge in [0.05, 0.1) is 14.2 Å². The molecule has 1 aromatic rings. The maximum Gasteiger partial charge on any atom is 0.140 e. The first-order valence-electron chi connectivity index (χ1n) is 5.41. The summed E-state index contributed by atoms with van der Waals surface area (Å²) in [5, 5.41) is 0. The summed E-state index contributed by atoms with van der Waals surface area (Å²) in [4.78, 5) is 11.2. The van der Waals surface area contributed by atoms with Crippen molar-refractivity contribution >= 4 is 21.7 Å². The minimum atomic E-state index is 0.129. The Morgan fingerprint density at radius 2 is 2.00 bits per heavy atom. The molecule has 17 heavy (non-hydrogen) atoms. The molecule has 1 rings (SSSR count). The third-order valence-corrected chi connectivity index (χ3v) is 3.39. The summed E-state index contributed by atoms with van der Waals surface area (Å²) in [6.45, 7) is 3.61. The summed E-state index contributed by atoms with van der Waals surface area (Å²) in [5.41, 5.74) is 1.01. The molecule has 1 aromatic carbocycles. The molecule has 3 nitrogen and oxygen atoms in total. The standard InChI is InChI=1S/C13H17BrO3/c1-8(7-9(2)15)10-5-6-11(16-3)12(14)13(10)17-4/h5-6,8H,7H2,1-4H3. The number of rotatable bonds is 5. The van der Waals surface area contributed by atoms with Crippen molar-refractivity contribution in [3.8, 4) is 11.5 Å². The first-order valence-corrected chi connectivity index (χ1v) is 6.20. The van der Waals surface area contributed by atoms with E-state index >= 15 is 0 Å². The summed E-state index contributed by atoms with van der Waals surface area (Å²) < 4.78 is 11.4. The van der Waals surface area contributed by atoms with Gasteiger partial charge in [-0.15, -0.1) is 0 Å². The number of hydrogen-bond donors (Lipinski definition) is 0. The second kappa shape index (κ2) is 6.05. The zero-order valence-electron chi connectivity index (χ0n) is 10.5. The number of hydrogen-bond acceptors (Lipinski definition) is 3. The number of halogens is 1. The van der Waals surface area contributed by atoms with Gasteiger partial charge in [-0.2, -0.15) is 0 Å². The largest absolute Gasteiger partial charge is 0.495 e. The monoisotopic (exact) mass is 300 g/mol. The minimum Gasteiger partial charge on any atom is -0.495 e. The van der Waals surface area contributed by atoms with Crippen molar-refractivity contribution in [1.29, 1.82) is 0 Å². The molecule has 0 aliphatic carbocycles. The van der Waals surface area contributed by atoms with Crippen molar-refractivity contribution < 1.29 is 14.3 Å². The van der Waals surface area contributed by atoms with Gasteiger partial charge in [0, 0.05) is 6.42 Å². The number of Topliss-reactive ketones (excluding diaryl/α,β-unsaturated/α-hetero) is 1. The molecule has 0 saturated carbocycles. The van der Waals surface area contributed by atoms with E-state index in [1.165, 1.54) is 0 Å². The van der Waals surface area contributed by atoms with Crippen LogP contribution in [0.3, 0.4) is 0 Å². The van der Waals surface area contributed by atoms with Gasteiger partial charge in [0.25, 0.3) is 0 Å². The van der Waals surface area contributed by atoms with Gasteiger partial charge < -0.3 is 14.3 Å². The van der Waals surface area contributed by atoms with Crippen LogP contribution in [0.5, 0.6) is 11.5 Å². The van der Waals surface area contributed by atoms with Crippen molar-refractivity contribution in [3.05, 3.63) is 22.2 Å². The van der Waals surface area contributed by atoms with E-state index in [4.69, 9.17) is 9.47 Å². The fourth-order valence-electron chi connectivity index (χ4n) is 1.85. The molecule has 0 spiro atoms. The molecule has 0 bridgehead atoms. The summed E-state index contributed by atoms with van der Waals surface area (Å²) in [7, 11) is 3.22. The number of ketones is 1. The molecule has 0 aromatic heterocycles. The molecule has 0 amide bonds. The Bertz CT molecular complexity index is 415. The number of methoxy groups -OCH3 is 2. The third kappa shape index (κ3) is 3.22. The molecule has 0 radical (unpaired) electrons. The van der Waals surface area contributed by atoms with Gasteiger partial charge in [-0.25, -0.2) is 0 Å². The van der Waals surface area contributed by atoms with Crippen LogP contribution in [0.1, 0.15) is 31.7 Å². The fraction of sp³-hybridized carbons (Fsp3) is 0.462. The quantitative estimate of drug-likeness (QED) is 0.834. The topological polar surface area (TPSA) is 35.5 Å². The van der Waals surface area contributed by atoms with Gasteiger partial charge in [0.2, 0.25) is 0 Å². The molecule has 1 atom stereocenters. The maximum absolute atomic E-state index is 11.2. The highest BCUT2D eigenvalue weighted by atomic mass is 79.9. The molecule has 0 heterocycles. The highest BCUT2D eigenvalue weighted by molar-refractivity contribution is 9.10. The lowest BCUT2D eigenvalue weighted by Gasteiger charge is -2.17. The molecular formula is C13H17BrO3. The van der Waals surface area contributed by atoms with Gasteiger partial charge in [-0.05, 0) is 40.4 Å². The van der Waals surface area contributed by atoms with Crippen LogP contribution in [-0.2, 0) is 4.79 Å². The van der Waals surface area contributed by atoms with Crippen LogP contribution in [0, 0.1) is 0 Å². The molecule has 1 unspecified atom stereocenters.